The normalized spacial score (nSPS) is 33.0. The molecule has 0 aromatic heterocycles. The topological polar surface area (TPSA) is 48.0 Å². The highest BCUT2D eigenvalue weighted by Crippen LogP contribution is 2.45. The van der Waals surface area contributed by atoms with Crippen molar-refractivity contribution in [3.63, 3.8) is 0 Å². The van der Waals surface area contributed by atoms with E-state index in [1.54, 1.807) is 4.90 Å². The van der Waals surface area contributed by atoms with Crippen LogP contribution in [0, 0.1) is 11.3 Å². The highest BCUT2D eigenvalue weighted by Gasteiger charge is 2.56. The first-order valence-corrected chi connectivity index (χ1v) is 10.7. The third kappa shape index (κ3) is 4.65. The van der Waals surface area contributed by atoms with Gasteiger partial charge in [-0.3, -0.25) is 0 Å². The predicted octanol–water partition coefficient (Wildman–Crippen LogP) is 4.66. The molecule has 8 heteroatoms. The maximum Gasteiger partial charge on any atom is 0.479 e. The van der Waals surface area contributed by atoms with Crippen LogP contribution in [0.3, 0.4) is 0 Å². The van der Waals surface area contributed by atoms with Gasteiger partial charge >= 0.3 is 13.2 Å². The third-order valence-corrected chi connectivity index (χ3v) is 6.42. The number of carbonyl (C=O) groups is 1. The molecule has 3 rings (SSSR count). The summed E-state index contributed by atoms with van der Waals surface area (Å²) < 4.78 is 31.0. The minimum absolute atomic E-state index is 0.0853. The van der Waals surface area contributed by atoms with E-state index in [0.29, 0.717) is 19.8 Å². The second-order valence-corrected chi connectivity index (χ2v) is 11.1. The Hall–Kier alpha value is -0.855. The van der Waals surface area contributed by atoms with Gasteiger partial charge in [0, 0.05) is 37.1 Å². The average Bonchev–Trinajstić information content (AvgIpc) is 3.02. The molecule has 2 heterocycles. The van der Waals surface area contributed by atoms with Crippen LogP contribution in [-0.2, 0) is 14.0 Å². The molecule has 3 aliphatic rings. The number of ether oxygens (including phenoxy) is 1. The molecule has 1 amide bonds. The Bertz CT molecular complexity index is 668. The first-order chi connectivity index (χ1) is 12.9. The standard InChI is InChI=1S/C20H30BBrFNO4/c1-18(2,3)28-17(25)24-10-6-7-16(24)15-9-8-14(23)11-20(15,22)21-26-12-19(4,5)13-27-21/h8-9,11,15-16H,6-7,10,12-13H2,1-5H3. The van der Waals surface area contributed by atoms with E-state index in [0.717, 1.165) is 12.8 Å². The van der Waals surface area contributed by atoms with Gasteiger partial charge in [0.05, 0.1) is 4.22 Å². The molecule has 2 saturated heterocycles. The summed E-state index contributed by atoms with van der Waals surface area (Å²) in [6, 6.07) is -0.128. The largest absolute Gasteiger partial charge is 0.479 e. The number of hydrogen-bond acceptors (Lipinski definition) is 4. The minimum atomic E-state index is -0.891. The fraction of sp³-hybridized carbons (Fsp3) is 0.750. The van der Waals surface area contributed by atoms with Gasteiger partial charge in [-0.15, -0.1) is 0 Å². The monoisotopic (exact) mass is 457 g/mol. The van der Waals surface area contributed by atoms with E-state index < -0.39 is 16.9 Å². The van der Waals surface area contributed by atoms with Crippen molar-refractivity contribution >= 4 is 29.1 Å². The Kier molecular flexibility index (Phi) is 6.06. The summed E-state index contributed by atoms with van der Waals surface area (Å²) >= 11 is 3.75. The Morgan fingerprint density at radius 2 is 2.00 bits per heavy atom. The number of hydrogen-bond donors (Lipinski definition) is 0. The maximum absolute atomic E-state index is 14.3. The van der Waals surface area contributed by atoms with Crippen LogP contribution in [0.25, 0.3) is 0 Å². The minimum Gasteiger partial charge on any atom is -0.444 e. The number of likely N-dealkylation sites (tertiary alicyclic amines) is 1. The quantitative estimate of drug-likeness (QED) is 0.447. The molecule has 2 aliphatic heterocycles. The van der Waals surface area contributed by atoms with Crippen molar-refractivity contribution in [1.82, 2.24) is 4.90 Å². The molecule has 0 radical (unpaired) electrons. The van der Waals surface area contributed by atoms with Crippen LogP contribution in [0.5, 0.6) is 0 Å². The van der Waals surface area contributed by atoms with Crippen molar-refractivity contribution in [2.45, 2.75) is 63.3 Å². The molecule has 3 atom stereocenters. The SMILES string of the molecule is CC1(C)COB(C2(Br)C=C(F)C=CC2C2CCCN2C(=O)OC(C)(C)C)OC1. The number of rotatable bonds is 2. The summed E-state index contributed by atoms with van der Waals surface area (Å²) in [4.78, 5) is 14.5. The highest BCUT2D eigenvalue weighted by atomic mass is 79.9. The lowest BCUT2D eigenvalue weighted by molar-refractivity contribution is 0.0125. The molecule has 0 aromatic rings. The van der Waals surface area contributed by atoms with Gasteiger partial charge in [-0.1, -0.05) is 35.9 Å². The smallest absolute Gasteiger partial charge is 0.444 e. The van der Waals surface area contributed by atoms with Gasteiger partial charge in [0.2, 0.25) is 0 Å². The fourth-order valence-corrected chi connectivity index (χ4v) is 4.95. The summed E-state index contributed by atoms with van der Waals surface area (Å²) in [6.45, 7) is 11.4. The number of amides is 1. The van der Waals surface area contributed by atoms with E-state index in [-0.39, 0.29) is 29.3 Å². The molecular formula is C20H30BBrFNO4. The molecule has 0 spiro atoms. The first-order valence-electron chi connectivity index (χ1n) is 9.90. The summed E-state index contributed by atoms with van der Waals surface area (Å²) in [7, 11) is -0.637. The van der Waals surface area contributed by atoms with Gasteiger partial charge in [-0.25, -0.2) is 9.18 Å². The lowest BCUT2D eigenvalue weighted by Crippen LogP contribution is -2.59. The molecule has 3 unspecified atom stereocenters. The molecule has 2 fully saturated rings. The summed E-state index contributed by atoms with van der Waals surface area (Å²) in [5.74, 6) is -0.541. The zero-order chi connectivity index (χ0) is 20.7. The second kappa shape index (κ2) is 7.76. The molecule has 0 saturated carbocycles. The highest BCUT2D eigenvalue weighted by molar-refractivity contribution is 9.10. The Morgan fingerprint density at radius 1 is 1.36 bits per heavy atom. The van der Waals surface area contributed by atoms with E-state index >= 15 is 0 Å². The number of halogens is 2. The van der Waals surface area contributed by atoms with Gasteiger partial charge in [0.1, 0.15) is 11.4 Å². The molecule has 1 aliphatic carbocycles. The molecule has 5 nitrogen and oxygen atoms in total. The van der Waals surface area contributed by atoms with Crippen LogP contribution >= 0.6 is 15.9 Å². The van der Waals surface area contributed by atoms with Crippen molar-refractivity contribution in [3.8, 4) is 0 Å². The molecule has 0 bridgehead atoms. The van der Waals surface area contributed by atoms with Crippen LogP contribution in [0.2, 0.25) is 0 Å². The van der Waals surface area contributed by atoms with Gasteiger partial charge in [-0.05, 0) is 45.8 Å². The fourth-order valence-electron chi connectivity index (χ4n) is 4.01. The van der Waals surface area contributed by atoms with Crippen molar-refractivity contribution in [2.24, 2.45) is 11.3 Å². The van der Waals surface area contributed by atoms with E-state index in [2.05, 4.69) is 29.8 Å². The van der Waals surface area contributed by atoms with Gasteiger partial charge < -0.3 is 18.9 Å². The van der Waals surface area contributed by atoms with Crippen molar-refractivity contribution < 1.29 is 23.2 Å². The average molecular weight is 458 g/mol. The molecule has 0 N–H and O–H groups in total. The van der Waals surface area contributed by atoms with Crippen LogP contribution in [0.1, 0.15) is 47.5 Å². The van der Waals surface area contributed by atoms with Gasteiger partial charge in [0.25, 0.3) is 0 Å². The molecule has 156 valence electrons. The van der Waals surface area contributed by atoms with E-state index in [4.69, 9.17) is 14.0 Å². The Balaban J connectivity index is 1.84. The van der Waals surface area contributed by atoms with Crippen LogP contribution in [0.15, 0.2) is 24.1 Å². The molecule has 28 heavy (non-hydrogen) atoms. The van der Waals surface area contributed by atoms with Crippen molar-refractivity contribution in [1.29, 1.82) is 0 Å². The van der Waals surface area contributed by atoms with E-state index in [1.165, 1.54) is 12.2 Å². The number of alkyl halides is 1. The number of carbonyl (C=O) groups excluding carboxylic acids is 1. The van der Waals surface area contributed by atoms with Gasteiger partial charge in [-0.2, -0.15) is 0 Å². The summed E-state index contributed by atoms with van der Waals surface area (Å²) in [6.07, 6.45) is 6.16. The lowest BCUT2D eigenvalue weighted by atomic mass is 9.59. The zero-order valence-electron chi connectivity index (χ0n) is 17.3. The van der Waals surface area contributed by atoms with Crippen LogP contribution in [-0.4, -0.2) is 53.7 Å². The van der Waals surface area contributed by atoms with Crippen LogP contribution in [0.4, 0.5) is 9.18 Å². The van der Waals surface area contributed by atoms with E-state index in [9.17, 15) is 9.18 Å². The number of allylic oxidation sites excluding steroid dienone is 3. The van der Waals surface area contributed by atoms with Gasteiger partial charge in [0.15, 0.2) is 0 Å². The lowest BCUT2D eigenvalue weighted by Gasteiger charge is -2.45. The zero-order valence-corrected chi connectivity index (χ0v) is 18.9. The van der Waals surface area contributed by atoms with Crippen molar-refractivity contribution in [2.75, 3.05) is 19.8 Å². The second-order valence-electron chi connectivity index (χ2n) is 9.74. The van der Waals surface area contributed by atoms with Crippen LogP contribution < -0.4 is 0 Å². The third-order valence-electron chi connectivity index (χ3n) is 5.29. The molecule has 0 aromatic carbocycles. The summed E-state index contributed by atoms with van der Waals surface area (Å²) in [5.41, 5.74) is -0.649. The predicted molar refractivity (Wildman–Crippen MR) is 111 cm³/mol. The van der Waals surface area contributed by atoms with Crippen molar-refractivity contribution in [3.05, 3.63) is 24.1 Å². The summed E-state index contributed by atoms with van der Waals surface area (Å²) in [5, 5.41) is 0. The van der Waals surface area contributed by atoms with E-state index in [1.807, 2.05) is 26.8 Å². The number of nitrogens with zero attached hydrogens (tertiary/aromatic N) is 1. The Labute approximate surface area is 175 Å². The Morgan fingerprint density at radius 3 is 2.61 bits per heavy atom. The maximum atomic E-state index is 14.3. The molecular weight excluding hydrogens is 428 g/mol. The first kappa shape index (κ1) is 21.8.